The number of rotatable bonds is 3. The Morgan fingerprint density at radius 2 is 2.05 bits per heavy atom. The van der Waals surface area contributed by atoms with Crippen LogP contribution in [0, 0.1) is 0 Å². The van der Waals surface area contributed by atoms with E-state index >= 15 is 0 Å². The first-order valence-corrected chi connectivity index (χ1v) is 7.92. The summed E-state index contributed by atoms with van der Waals surface area (Å²) < 4.78 is 6.45. The molecule has 1 N–H and O–H groups in total. The molecule has 1 aromatic rings. The van der Waals surface area contributed by atoms with Gasteiger partial charge in [0.2, 0.25) is 0 Å². The maximum Gasteiger partial charge on any atom is 0.124 e. The van der Waals surface area contributed by atoms with Crippen molar-refractivity contribution in [1.29, 1.82) is 0 Å². The topological polar surface area (TPSA) is 24.5 Å². The number of fused-ring (bicyclic) bond motifs is 1. The Labute approximate surface area is 122 Å². The third kappa shape index (κ3) is 2.70. The maximum absolute atomic E-state index is 6.45. The summed E-state index contributed by atoms with van der Waals surface area (Å²) in [6.45, 7) is 5.59. The molecular formula is C17H26N2O. The molecule has 3 heteroatoms. The van der Waals surface area contributed by atoms with Crippen LogP contribution < -0.4 is 10.1 Å². The van der Waals surface area contributed by atoms with Gasteiger partial charge in [-0.15, -0.1) is 0 Å². The summed E-state index contributed by atoms with van der Waals surface area (Å²) in [5.41, 5.74) is 1.39. The second kappa shape index (κ2) is 5.74. The second-order valence-corrected chi connectivity index (χ2v) is 6.34. The standard InChI is InChI=1S/C17H26N2O/c1-3-10-18-15-13-17(8-11-19(2)12-9-17)20-16-7-5-4-6-14(15)16/h4-7,15,18H,3,8-13H2,1-2H3. The van der Waals surface area contributed by atoms with Gasteiger partial charge in [0.1, 0.15) is 11.4 Å². The van der Waals surface area contributed by atoms with E-state index in [1.165, 1.54) is 12.0 Å². The van der Waals surface area contributed by atoms with Gasteiger partial charge in [-0.05, 0) is 38.9 Å². The third-order valence-corrected chi connectivity index (χ3v) is 4.74. The molecule has 2 aliphatic heterocycles. The smallest absolute Gasteiger partial charge is 0.124 e. The monoisotopic (exact) mass is 274 g/mol. The van der Waals surface area contributed by atoms with Crippen LogP contribution in [0.5, 0.6) is 5.75 Å². The van der Waals surface area contributed by atoms with Gasteiger partial charge in [-0.1, -0.05) is 25.1 Å². The molecule has 1 fully saturated rings. The molecule has 1 saturated heterocycles. The Morgan fingerprint density at radius 3 is 2.80 bits per heavy atom. The van der Waals surface area contributed by atoms with Crippen LogP contribution >= 0.6 is 0 Å². The molecule has 20 heavy (non-hydrogen) atoms. The summed E-state index contributed by atoms with van der Waals surface area (Å²) in [5, 5.41) is 3.72. The van der Waals surface area contributed by atoms with Crippen LogP contribution in [0.2, 0.25) is 0 Å². The van der Waals surface area contributed by atoms with Gasteiger partial charge in [0, 0.05) is 31.1 Å². The molecule has 3 rings (SSSR count). The molecule has 1 atom stereocenters. The van der Waals surface area contributed by atoms with Crippen molar-refractivity contribution < 1.29 is 4.74 Å². The number of likely N-dealkylation sites (tertiary alicyclic amines) is 1. The van der Waals surface area contributed by atoms with Crippen molar-refractivity contribution in [3.8, 4) is 5.75 Å². The Bertz CT molecular complexity index is 452. The van der Waals surface area contributed by atoms with E-state index in [1.54, 1.807) is 0 Å². The van der Waals surface area contributed by atoms with E-state index in [-0.39, 0.29) is 5.60 Å². The quantitative estimate of drug-likeness (QED) is 0.917. The number of hydrogen-bond acceptors (Lipinski definition) is 3. The van der Waals surface area contributed by atoms with Crippen LogP contribution in [0.1, 0.15) is 44.2 Å². The molecule has 0 radical (unpaired) electrons. The van der Waals surface area contributed by atoms with Gasteiger partial charge in [0.15, 0.2) is 0 Å². The van der Waals surface area contributed by atoms with Crippen molar-refractivity contribution in [2.45, 2.75) is 44.2 Å². The van der Waals surface area contributed by atoms with Crippen LogP contribution in [0.15, 0.2) is 24.3 Å². The molecule has 0 amide bonds. The average Bonchev–Trinajstić information content (AvgIpc) is 2.48. The van der Waals surface area contributed by atoms with Gasteiger partial charge < -0.3 is 15.0 Å². The third-order valence-electron chi connectivity index (χ3n) is 4.74. The van der Waals surface area contributed by atoms with Crippen LogP contribution in [0.4, 0.5) is 0 Å². The molecule has 2 aliphatic rings. The van der Waals surface area contributed by atoms with E-state index in [0.717, 1.165) is 44.6 Å². The molecule has 0 bridgehead atoms. The van der Waals surface area contributed by atoms with Crippen LogP contribution in [-0.4, -0.2) is 37.2 Å². The number of piperidine rings is 1. The second-order valence-electron chi connectivity index (χ2n) is 6.34. The van der Waals surface area contributed by atoms with E-state index < -0.39 is 0 Å². The molecule has 0 aromatic heterocycles. The lowest BCUT2D eigenvalue weighted by Crippen LogP contribution is -2.51. The summed E-state index contributed by atoms with van der Waals surface area (Å²) >= 11 is 0. The van der Waals surface area contributed by atoms with Crippen LogP contribution in [0.3, 0.4) is 0 Å². The van der Waals surface area contributed by atoms with Crippen molar-refractivity contribution in [2.75, 3.05) is 26.7 Å². The first-order chi connectivity index (χ1) is 9.72. The molecule has 110 valence electrons. The normalized spacial score (nSPS) is 25.2. The summed E-state index contributed by atoms with van der Waals surface area (Å²) in [4.78, 5) is 2.41. The molecule has 1 spiro atoms. The summed E-state index contributed by atoms with van der Waals surface area (Å²) in [5.74, 6) is 1.09. The van der Waals surface area contributed by atoms with Crippen LogP contribution in [0.25, 0.3) is 0 Å². The molecular weight excluding hydrogens is 248 g/mol. The number of benzene rings is 1. The molecule has 1 aromatic carbocycles. The fourth-order valence-electron chi connectivity index (χ4n) is 3.45. The minimum absolute atomic E-state index is 0.0479. The fraction of sp³-hybridized carbons (Fsp3) is 0.647. The van der Waals surface area contributed by atoms with Gasteiger partial charge in [-0.25, -0.2) is 0 Å². The predicted octanol–water partition coefficient (Wildman–Crippen LogP) is 2.97. The van der Waals surface area contributed by atoms with Gasteiger partial charge in [0.05, 0.1) is 0 Å². The fourth-order valence-corrected chi connectivity index (χ4v) is 3.45. The van der Waals surface area contributed by atoms with E-state index in [0.29, 0.717) is 6.04 Å². The van der Waals surface area contributed by atoms with Crippen molar-refractivity contribution in [1.82, 2.24) is 10.2 Å². The number of hydrogen-bond donors (Lipinski definition) is 1. The lowest BCUT2D eigenvalue weighted by atomic mass is 9.80. The Balaban J connectivity index is 1.84. The summed E-state index contributed by atoms with van der Waals surface area (Å²) in [6, 6.07) is 9.00. The minimum atomic E-state index is 0.0479. The minimum Gasteiger partial charge on any atom is -0.487 e. The number of ether oxygens (including phenoxy) is 1. The van der Waals surface area contributed by atoms with Crippen molar-refractivity contribution in [3.05, 3.63) is 29.8 Å². The molecule has 2 heterocycles. The van der Waals surface area contributed by atoms with Crippen molar-refractivity contribution in [2.24, 2.45) is 0 Å². The van der Waals surface area contributed by atoms with E-state index in [2.05, 4.69) is 48.5 Å². The molecule has 0 saturated carbocycles. The largest absolute Gasteiger partial charge is 0.487 e. The lowest BCUT2D eigenvalue weighted by Gasteiger charge is -2.46. The van der Waals surface area contributed by atoms with Crippen molar-refractivity contribution in [3.63, 3.8) is 0 Å². The number of nitrogens with zero attached hydrogens (tertiary/aromatic N) is 1. The first kappa shape index (κ1) is 13.9. The molecule has 1 unspecified atom stereocenters. The Hall–Kier alpha value is -1.06. The SMILES string of the molecule is CCCNC1CC2(CCN(C)CC2)Oc2ccccc21. The number of nitrogens with one attached hydrogen (secondary N) is 1. The number of para-hydroxylation sites is 1. The van der Waals surface area contributed by atoms with Gasteiger partial charge in [-0.3, -0.25) is 0 Å². The van der Waals surface area contributed by atoms with Gasteiger partial charge >= 0.3 is 0 Å². The summed E-state index contributed by atoms with van der Waals surface area (Å²) in [6.07, 6.45) is 4.57. The van der Waals surface area contributed by atoms with Crippen LogP contribution in [-0.2, 0) is 0 Å². The van der Waals surface area contributed by atoms with E-state index in [1.807, 2.05) is 0 Å². The molecule has 3 nitrogen and oxygen atoms in total. The zero-order valence-corrected chi connectivity index (χ0v) is 12.7. The highest BCUT2D eigenvalue weighted by Crippen LogP contribution is 2.43. The highest BCUT2D eigenvalue weighted by Gasteiger charge is 2.42. The zero-order valence-electron chi connectivity index (χ0n) is 12.7. The zero-order chi connectivity index (χ0) is 14.0. The first-order valence-electron chi connectivity index (χ1n) is 7.92. The highest BCUT2D eigenvalue weighted by molar-refractivity contribution is 5.39. The Kier molecular flexibility index (Phi) is 3.99. The van der Waals surface area contributed by atoms with E-state index in [9.17, 15) is 0 Å². The molecule has 0 aliphatic carbocycles. The maximum atomic E-state index is 6.45. The Morgan fingerprint density at radius 1 is 1.30 bits per heavy atom. The van der Waals surface area contributed by atoms with Gasteiger partial charge in [0.25, 0.3) is 0 Å². The predicted molar refractivity (Wildman–Crippen MR) is 82.2 cm³/mol. The van der Waals surface area contributed by atoms with E-state index in [4.69, 9.17) is 4.74 Å². The van der Waals surface area contributed by atoms with Gasteiger partial charge in [-0.2, -0.15) is 0 Å². The summed E-state index contributed by atoms with van der Waals surface area (Å²) in [7, 11) is 2.20. The highest BCUT2D eigenvalue weighted by atomic mass is 16.5. The lowest BCUT2D eigenvalue weighted by molar-refractivity contribution is -0.0202. The average molecular weight is 274 g/mol. The van der Waals surface area contributed by atoms with Crippen molar-refractivity contribution >= 4 is 0 Å².